The van der Waals surface area contributed by atoms with E-state index in [4.69, 9.17) is 26.6 Å². The third-order valence-electron chi connectivity index (χ3n) is 9.27. The van der Waals surface area contributed by atoms with Gasteiger partial charge in [0, 0.05) is 74.4 Å². The number of hydrogen-bond acceptors (Lipinski definition) is 10. The van der Waals surface area contributed by atoms with E-state index in [1.54, 1.807) is 0 Å². The zero-order valence-corrected chi connectivity index (χ0v) is 25.8. The van der Waals surface area contributed by atoms with Gasteiger partial charge in [0.1, 0.15) is 28.6 Å². The maximum Gasteiger partial charge on any atom is 0.319 e. The van der Waals surface area contributed by atoms with Gasteiger partial charge in [-0.1, -0.05) is 12.0 Å². The molecule has 0 bridgehead atoms. The minimum absolute atomic E-state index is 0.00403. The number of hydrogen-bond donors (Lipinski definition) is 2. The SMILES string of the molecule is C#Cc1c(F)ccc2cc(O)cc(-c3ncc4c(N5CCN(C)C[C@@H](N)C5)nc(OCC5(CN6CCOCC6)CC5)nc4c3F)c12. The molecule has 3 aliphatic rings. The van der Waals surface area contributed by atoms with Crippen LogP contribution in [0.4, 0.5) is 14.6 Å². The molecule has 2 saturated heterocycles. The van der Waals surface area contributed by atoms with Crippen molar-refractivity contribution in [2.75, 3.05) is 77.6 Å². The third-order valence-corrected chi connectivity index (χ3v) is 9.27. The van der Waals surface area contributed by atoms with Gasteiger partial charge in [0.05, 0.1) is 30.8 Å². The number of aromatic nitrogens is 3. The molecule has 4 heterocycles. The predicted octanol–water partition coefficient (Wildman–Crippen LogP) is 3.38. The fourth-order valence-electron chi connectivity index (χ4n) is 6.65. The lowest BCUT2D eigenvalue weighted by Gasteiger charge is -2.30. The highest BCUT2D eigenvalue weighted by molar-refractivity contribution is 6.03. The van der Waals surface area contributed by atoms with Gasteiger partial charge < -0.3 is 30.1 Å². The van der Waals surface area contributed by atoms with Crippen molar-refractivity contribution in [2.45, 2.75) is 18.9 Å². The molecule has 2 aliphatic heterocycles. The smallest absolute Gasteiger partial charge is 0.319 e. The van der Waals surface area contributed by atoms with Crippen molar-refractivity contribution < 1.29 is 23.4 Å². The van der Waals surface area contributed by atoms with Crippen molar-refractivity contribution in [1.82, 2.24) is 24.8 Å². The van der Waals surface area contributed by atoms with Crippen LogP contribution in [0.2, 0.25) is 0 Å². The van der Waals surface area contributed by atoms with Crippen LogP contribution in [-0.4, -0.2) is 109 Å². The van der Waals surface area contributed by atoms with Gasteiger partial charge in [-0.25, -0.2) is 8.78 Å². The number of phenolic OH excluding ortho intramolecular Hbond substituents is 1. The second-order valence-corrected chi connectivity index (χ2v) is 12.8. The maximum atomic E-state index is 16.8. The Kier molecular flexibility index (Phi) is 8.10. The van der Waals surface area contributed by atoms with Crippen molar-refractivity contribution in [3.05, 3.63) is 47.7 Å². The summed E-state index contributed by atoms with van der Waals surface area (Å²) in [6.45, 7) is 7.08. The van der Waals surface area contributed by atoms with E-state index in [1.165, 1.54) is 30.5 Å². The Balaban J connectivity index is 1.33. The lowest BCUT2D eigenvalue weighted by molar-refractivity contribution is 0.0231. The summed E-state index contributed by atoms with van der Waals surface area (Å²) in [7, 11) is 2.01. The average Bonchev–Trinajstić information content (AvgIpc) is 3.83. The molecule has 7 rings (SSSR count). The van der Waals surface area contributed by atoms with E-state index >= 15 is 4.39 Å². The van der Waals surface area contributed by atoms with Crippen molar-refractivity contribution in [1.29, 1.82) is 0 Å². The zero-order chi connectivity index (χ0) is 32.0. The lowest BCUT2D eigenvalue weighted by atomic mass is 9.96. The largest absolute Gasteiger partial charge is 0.508 e. The number of morpholine rings is 1. The first-order valence-corrected chi connectivity index (χ1v) is 15.6. The molecule has 12 heteroatoms. The standard InChI is InChI=1S/C34H37F2N7O3/c1-3-24-27(35)5-4-21-14-23(44)15-25(28(21)24)30-29(36)31-26(16-38-30)32(43-9-8-41(2)17-22(37)18-43)40-33(39-31)46-20-34(6-7-34)19-42-10-12-45-13-11-42/h1,4-5,14-16,22,44H,6-13,17-20,37H2,2H3/t22-/m1/s1. The van der Waals surface area contributed by atoms with Gasteiger partial charge >= 0.3 is 6.01 Å². The number of terminal acetylenes is 1. The molecule has 3 fully saturated rings. The van der Waals surface area contributed by atoms with Gasteiger partial charge in [0.2, 0.25) is 0 Å². The van der Waals surface area contributed by atoms with Gasteiger partial charge in [-0.2, -0.15) is 9.97 Å². The lowest BCUT2D eigenvalue weighted by Crippen LogP contribution is -2.41. The Bertz CT molecular complexity index is 1840. The summed E-state index contributed by atoms with van der Waals surface area (Å²) in [6, 6.07) is 5.42. The van der Waals surface area contributed by atoms with E-state index in [-0.39, 0.29) is 50.9 Å². The van der Waals surface area contributed by atoms with E-state index in [0.29, 0.717) is 42.8 Å². The first-order chi connectivity index (χ1) is 22.2. The molecule has 1 saturated carbocycles. The number of aromatic hydroxyl groups is 1. The van der Waals surface area contributed by atoms with Crippen LogP contribution < -0.4 is 15.4 Å². The molecule has 0 amide bonds. The van der Waals surface area contributed by atoms with Crippen molar-refractivity contribution >= 4 is 27.5 Å². The van der Waals surface area contributed by atoms with Crippen LogP contribution >= 0.6 is 0 Å². The number of phenols is 1. The van der Waals surface area contributed by atoms with Crippen molar-refractivity contribution in [2.24, 2.45) is 11.1 Å². The number of fused-ring (bicyclic) bond motifs is 2. The van der Waals surface area contributed by atoms with Crippen LogP contribution in [0.5, 0.6) is 11.8 Å². The quantitative estimate of drug-likeness (QED) is 0.295. The molecule has 2 aromatic carbocycles. The molecule has 0 unspecified atom stereocenters. The first kappa shape index (κ1) is 30.5. The minimum atomic E-state index is -0.754. The molecule has 2 aromatic heterocycles. The number of likely N-dealkylation sites (N-methyl/N-ethyl adjacent to an activating group) is 1. The van der Waals surface area contributed by atoms with Crippen LogP contribution in [0.15, 0.2) is 30.5 Å². The molecule has 240 valence electrons. The number of nitrogens with two attached hydrogens (primary N) is 1. The highest BCUT2D eigenvalue weighted by Gasteiger charge is 2.45. The Hall–Kier alpha value is -4.15. The Morgan fingerprint density at radius 2 is 1.93 bits per heavy atom. The molecule has 1 aliphatic carbocycles. The third kappa shape index (κ3) is 5.91. The normalized spacial score (nSPS) is 20.5. The second-order valence-electron chi connectivity index (χ2n) is 12.8. The number of nitrogens with zero attached hydrogens (tertiary/aromatic N) is 6. The summed E-state index contributed by atoms with van der Waals surface area (Å²) in [5, 5.41) is 11.7. The van der Waals surface area contributed by atoms with Gasteiger partial charge in [-0.05, 0) is 43.5 Å². The Labute approximate surface area is 266 Å². The number of benzene rings is 2. The number of ether oxygens (including phenoxy) is 2. The Morgan fingerprint density at radius 3 is 2.70 bits per heavy atom. The predicted molar refractivity (Wildman–Crippen MR) is 172 cm³/mol. The van der Waals surface area contributed by atoms with E-state index in [1.807, 2.05) is 11.9 Å². The summed E-state index contributed by atoms with van der Waals surface area (Å²) in [6.07, 6.45) is 9.25. The topological polar surface area (TPSA) is 113 Å². The average molecular weight is 630 g/mol. The highest BCUT2D eigenvalue weighted by atomic mass is 19.1. The second kappa shape index (κ2) is 12.2. The number of anilines is 1. The van der Waals surface area contributed by atoms with Gasteiger partial charge in [-0.3, -0.25) is 9.88 Å². The van der Waals surface area contributed by atoms with Crippen LogP contribution in [0.3, 0.4) is 0 Å². The van der Waals surface area contributed by atoms with E-state index < -0.39 is 11.6 Å². The fraction of sp³-hybridized carbons (Fsp3) is 0.441. The van der Waals surface area contributed by atoms with Gasteiger partial charge in [0.25, 0.3) is 0 Å². The molecule has 3 N–H and O–H groups in total. The van der Waals surface area contributed by atoms with E-state index in [9.17, 15) is 9.50 Å². The molecular weight excluding hydrogens is 592 g/mol. The number of halogens is 2. The number of pyridine rings is 1. The van der Waals surface area contributed by atoms with Gasteiger partial charge in [-0.15, -0.1) is 6.42 Å². The van der Waals surface area contributed by atoms with Crippen LogP contribution in [0, 0.1) is 29.4 Å². The van der Waals surface area contributed by atoms with E-state index in [2.05, 4.69) is 25.7 Å². The van der Waals surface area contributed by atoms with Crippen LogP contribution in [-0.2, 0) is 4.74 Å². The summed E-state index contributed by atoms with van der Waals surface area (Å²) in [5.41, 5.74) is 6.44. The molecule has 0 radical (unpaired) electrons. The molecule has 46 heavy (non-hydrogen) atoms. The van der Waals surface area contributed by atoms with Gasteiger partial charge in [0.15, 0.2) is 5.82 Å². The summed E-state index contributed by atoms with van der Waals surface area (Å²) in [4.78, 5) is 20.5. The van der Waals surface area contributed by atoms with Crippen LogP contribution in [0.25, 0.3) is 32.9 Å². The molecule has 1 atom stereocenters. The first-order valence-electron chi connectivity index (χ1n) is 15.6. The minimum Gasteiger partial charge on any atom is -0.508 e. The molecule has 0 spiro atoms. The molecular formula is C34H37F2N7O3. The molecule has 10 nitrogen and oxygen atoms in total. The summed E-state index contributed by atoms with van der Waals surface area (Å²) < 4.78 is 43.4. The fourth-order valence-corrected chi connectivity index (χ4v) is 6.65. The Morgan fingerprint density at radius 1 is 1.13 bits per heavy atom. The highest BCUT2D eigenvalue weighted by Crippen LogP contribution is 2.47. The van der Waals surface area contributed by atoms with Crippen LogP contribution in [0.1, 0.15) is 18.4 Å². The summed E-state index contributed by atoms with van der Waals surface area (Å²) in [5.74, 6) is 1.35. The van der Waals surface area contributed by atoms with E-state index in [0.717, 1.165) is 52.2 Å². The summed E-state index contributed by atoms with van der Waals surface area (Å²) >= 11 is 0. The zero-order valence-electron chi connectivity index (χ0n) is 25.8. The van der Waals surface area contributed by atoms with Crippen molar-refractivity contribution in [3.63, 3.8) is 0 Å². The maximum absolute atomic E-state index is 16.8. The molecule has 4 aromatic rings. The number of rotatable bonds is 7. The monoisotopic (exact) mass is 629 g/mol. The van der Waals surface area contributed by atoms with Crippen molar-refractivity contribution in [3.8, 4) is 35.4 Å².